The molecular weight excluding hydrogens is 338 g/mol. The number of carbonyl (C=O) groups excluding carboxylic acids is 1. The zero-order valence-electron chi connectivity index (χ0n) is 15.9. The molecule has 26 heavy (non-hydrogen) atoms. The molecule has 146 valence electrons. The van der Waals surface area contributed by atoms with E-state index in [0.29, 0.717) is 23.7 Å². The number of carbonyl (C=O) groups is 2. The van der Waals surface area contributed by atoms with Gasteiger partial charge in [0.1, 0.15) is 17.5 Å². The quantitative estimate of drug-likeness (QED) is 0.514. The third-order valence-corrected chi connectivity index (χ3v) is 4.08. The Balaban J connectivity index is 2.63. The summed E-state index contributed by atoms with van der Waals surface area (Å²) in [4.78, 5) is 25.8. The molecule has 0 aromatic heterocycles. The molecule has 8 heteroatoms. The Labute approximate surface area is 154 Å². The van der Waals surface area contributed by atoms with E-state index in [4.69, 9.17) is 9.47 Å². The minimum absolute atomic E-state index is 0.178. The molecule has 8 nitrogen and oxygen atoms in total. The third-order valence-electron chi connectivity index (χ3n) is 4.08. The largest absolute Gasteiger partial charge is 0.497 e. The van der Waals surface area contributed by atoms with Crippen molar-refractivity contribution in [1.82, 2.24) is 10.2 Å². The molecule has 0 unspecified atom stereocenters. The van der Waals surface area contributed by atoms with Crippen molar-refractivity contribution in [3.05, 3.63) is 18.2 Å². The van der Waals surface area contributed by atoms with Crippen molar-refractivity contribution in [2.45, 2.75) is 26.3 Å². The predicted molar refractivity (Wildman–Crippen MR) is 100 cm³/mol. The minimum Gasteiger partial charge on any atom is -0.497 e. The number of benzene rings is 1. The number of nitrogens with zero attached hydrogens (tertiary/aromatic N) is 1. The summed E-state index contributed by atoms with van der Waals surface area (Å²) in [5.41, 5.74) is 0.463. The normalized spacial score (nSPS) is 11.9. The van der Waals surface area contributed by atoms with Gasteiger partial charge in [0.05, 0.1) is 26.3 Å². The number of ether oxygens (including phenoxy) is 2. The molecule has 0 aliphatic heterocycles. The smallest absolute Gasteiger partial charge is 0.321 e. The molecule has 0 heterocycles. The van der Waals surface area contributed by atoms with Crippen LogP contribution in [0.3, 0.4) is 0 Å². The summed E-state index contributed by atoms with van der Waals surface area (Å²) in [6.45, 7) is 7.12. The molecule has 3 N–H and O–H groups in total. The van der Waals surface area contributed by atoms with Crippen LogP contribution in [0.5, 0.6) is 11.5 Å². The van der Waals surface area contributed by atoms with Crippen molar-refractivity contribution < 1.29 is 24.2 Å². The number of amides is 1. The fraction of sp³-hybridized carbons (Fsp3) is 0.556. The van der Waals surface area contributed by atoms with Gasteiger partial charge in [-0.2, -0.15) is 0 Å². The van der Waals surface area contributed by atoms with E-state index >= 15 is 0 Å². The number of anilines is 1. The monoisotopic (exact) mass is 367 g/mol. The van der Waals surface area contributed by atoms with Crippen LogP contribution in [0.25, 0.3) is 0 Å². The first kappa shape index (κ1) is 21.7. The van der Waals surface area contributed by atoms with E-state index < -0.39 is 17.9 Å². The molecule has 0 saturated heterocycles. The van der Waals surface area contributed by atoms with Crippen LogP contribution >= 0.6 is 0 Å². The lowest BCUT2D eigenvalue weighted by Gasteiger charge is -2.20. The Morgan fingerprint density at radius 3 is 2.42 bits per heavy atom. The number of carboxylic acid groups (broad SMARTS) is 1. The molecule has 0 spiro atoms. The van der Waals surface area contributed by atoms with Crippen molar-refractivity contribution in [3.63, 3.8) is 0 Å². The van der Waals surface area contributed by atoms with Gasteiger partial charge >= 0.3 is 5.97 Å². The van der Waals surface area contributed by atoms with E-state index in [1.54, 1.807) is 18.2 Å². The Morgan fingerprint density at radius 2 is 1.88 bits per heavy atom. The first-order valence-electron chi connectivity index (χ1n) is 8.65. The highest BCUT2D eigenvalue weighted by Crippen LogP contribution is 2.29. The Hall–Kier alpha value is -2.32. The van der Waals surface area contributed by atoms with E-state index in [-0.39, 0.29) is 6.42 Å². The average molecular weight is 367 g/mol. The van der Waals surface area contributed by atoms with Crippen LogP contribution in [-0.4, -0.2) is 68.3 Å². The van der Waals surface area contributed by atoms with Crippen LogP contribution < -0.4 is 20.1 Å². The van der Waals surface area contributed by atoms with Crippen LogP contribution in [-0.2, 0) is 9.59 Å². The maximum absolute atomic E-state index is 12.2. The maximum atomic E-state index is 12.2. The molecule has 1 atom stereocenters. The van der Waals surface area contributed by atoms with Crippen molar-refractivity contribution in [3.8, 4) is 11.5 Å². The highest BCUT2D eigenvalue weighted by atomic mass is 16.5. The van der Waals surface area contributed by atoms with Gasteiger partial charge in [0.15, 0.2) is 0 Å². The fourth-order valence-corrected chi connectivity index (χ4v) is 2.47. The summed E-state index contributed by atoms with van der Waals surface area (Å²) in [5.74, 6) is -0.419. The highest BCUT2D eigenvalue weighted by molar-refractivity contribution is 5.95. The molecule has 0 bridgehead atoms. The van der Waals surface area contributed by atoms with Crippen LogP contribution in [0.15, 0.2) is 18.2 Å². The molecule has 0 aliphatic carbocycles. The second kappa shape index (κ2) is 11.3. The van der Waals surface area contributed by atoms with Gasteiger partial charge in [0, 0.05) is 19.2 Å². The summed E-state index contributed by atoms with van der Waals surface area (Å²) in [6, 6.07) is 4.04. The number of hydrogen-bond donors (Lipinski definition) is 3. The lowest BCUT2D eigenvalue weighted by molar-refractivity contribution is -0.141. The second-order valence-corrected chi connectivity index (χ2v) is 5.69. The lowest BCUT2D eigenvalue weighted by atomic mass is 10.2. The Bertz CT molecular complexity index is 590. The van der Waals surface area contributed by atoms with Gasteiger partial charge in [-0.15, -0.1) is 0 Å². The molecule has 1 aromatic rings. The highest BCUT2D eigenvalue weighted by Gasteiger charge is 2.21. The number of likely N-dealkylation sites (N-methyl/N-ethyl adjacent to an activating group) is 1. The summed E-state index contributed by atoms with van der Waals surface area (Å²) >= 11 is 0. The minimum atomic E-state index is -1.05. The summed E-state index contributed by atoms with van der Waals surface area (Å²) in [7, 11) is 3.02. The zero-order chi connectivity index (χ0) is 19.5. The Morgan fingerprint density at radius 1 is 1.19 bits per heavy atom. The topological polar surface area (TPSA) is 100 Å². The molecular formula is C18H29N3O5. The maximum Gasteiger partial charge on any atom is 0.321 e. The number of rotatable bonds is 12. The van der Waals surface area contributed by atoms with Crippen molar-refractivity contribution in [2.24, 2.45) is 0 Å². The summed E-state index contributed by atoms with van der Waals surface area (Å²) < 4.78 is 10.3. The van der Waals surface area contributed by atoms with Crippen LogP contribution in [0, 0.1) is 0 Å². The van der Waals surface area contributed by atoms with Crippen LogP contribution in [0.2, 0.25) is 0 Å². The predicted octanol–water partition coefficient (Wildman–Crippen LogP) is 1.42. The number of methoxy groups -OCH3 is 2. The lowest BCUT2D eigenvalue weighted by Crippen LogP contribution is -2.43. The standard InChI is InChI=1S/C18H29N3O5/c1-5-21(6-2)10-9-19-15(18(23)24)12-17(22)20-14-8-7-13(25-3)11-16(14)26-4/h7-8,11,15,19H,5-6,9-10,12H2,1-4H3,(H,20,22)(H,23,24)/t15-/m1/s1. The van der Waals surface area contributed by atoms with E-state index in [0.717, 1.165) is 19.6 Å². The van der Waals surface area contributed by atoms with Gasteiger partial charge in [-0.05, 0) is 25.2 Å². The third kappa shape index (κ3) is 6.89. The van der Waals surface area contributed by atoms with Crippen molar-refractivity contribution in [1.29, 1.82) is 0 Å². The second-order valence-electron chi connectivity index (χ2n) is 5.69. The van der Waals surface area contributed by atoms with Crippen molar-refractivity contribution in [2.75, 3.05) is 45.7 Å². The van der Waals surface area contributed by atoms with Gasteiger partial charge in [0.25, 0.3) is 0 Å². The first-order valence-corrected chi connectivity index (χ1v) is 8.65. The number of hydrogen-bond acceptors (Lipinski definition) is 6. The zero-order valence-corrected chi connectivity index (χ0v) is 15.9. The number of nitrogens with one attached hydrogen (secondary N) is 2. The van der Waals surface area contributed by atoms with E-state index in [1.165, 1.54) is 14.2 Å². The summed E-state index contributed by atoms with van der Waals surface area (Å²) in [6.07, 6.45) is -0.178. The van der Waals surface area contributed by atoms with Gasteiger partial charge in [0.2, 0.25) is 5.91 Å². The Kier molecular flexibility index (Phi) is 9.46. The molecule has 0 saturated carbocycles. The van der Waals surface area contributed by atoms with Crippen molar-refractivity contribution >= 4 is 17.6 Å². The van der Waals surface area contributed by atoms with Gasteiger partial charge in [-0.3, -0.25) is 9.59 Å². The van der Waals surface area contributed by atoms with E-state index in [2.05, 4.69) is 15.5 Å². The molecule has 0 fully saturated rings. The van der Waals surface area contributed by atoms with E-state index in [9.17, 15) is 14.7 Å². The van der Waals surface area contributed by atoms with Gasteiger partial charge < -0.3 is 30.1 Å². The molecule has 1 aromatic carbocycles. The van der Waals surface area contributed by atoms with Crippen LogP contribution in [0.4, 0.5) is 5.69 Å². The number of aliphatic carboxylic acids is 1. The molecule has 0 radical (unpaired) electrons. The van der Waals surface area contributed by atoms with E-state index in [1.807, 2.05) is 13.8 Å². The SMILES string of the molecule is CCN(CC)CCN[C@H](CC(=O)Nc1ccc(OC)cc1OC)C(=O)O. The van der Waals surface area contributed by atoms with Crippen LogP contribution in [0.1, 0.15) is 20.3 Å². The molecule has 1 rings (SSSR count). The molecule has 1 amide bonds. The first-order chi connectivity index (χ1) is 12.4. The van der Waals surface area contributed by atoms with Gasteiger partial charge in [-0.1, -0.05) is 13.8 Å². The summed E-state index contributed by atoms with van der Waals surface area (Å²) in [5, 5.41) is 15.0. The average Bonchev–Trinajstić information content (AvgIpc) is 2.64. The van der Waals surface area contributed by atoms with Gasteiger partial charge in [-0.25, -0.2) is 0 Å². The fourth-order valence-electron chi connectivity index (χ4n) is 2.47. The molecule has 0 aliphatic rings. The number of carboxylic acids is 1.